The molecule has 0 spiro atoms. The number of rotatable bonds is 8. The number of anilines is 1. The number of nitrogens with one attached hydrogen (secondary N) is 2. The summed E-state index contributed by atoms with van der Waals surface area (Å²) in [6.07, 6.45) is 1.64. The molecule has 138 valence electrons. The van der Waals surface area contributed by atoms with Crippen LogP contribution < -0.4 is 10.6 Å². The van der Waals surface area contributed by atoms with Crippen molar-refractivity contribution in [3.63, 3.8) is 0 Å². The molecule has 7 heteroatoms. The maximum absolute atomic E-state index is 12.2. The molecule has 0 atom stereocenters. The van der Waals surface area contributed by atoms with Gasteiger partial charge in [-0.3, -0.25) is 9.59 Å². The predicted molar refractivity (Wildman–Crippen MR) is 96.2 cm³/mol. The second-order valence-corrected chi connectivity index (χ2v) is 5.78. The fraction of sp³-hybridized carbons (Fsp3) is 0.316. The predicted octanol–water partition coefficient (Wildman–Crippen LogP) is 3.21. The summed E-state index contributed by atoms with van der Waals surface area (Å²) in [7, 11) is 0. The van der Waals surface area contributed by atoms with Gasteiger partial charge in [0.2, 0.25) is 5.91 Å². The van der Waals surface area contributed by atoms with Crippen molar-refractivity contribution < 1.29 is 23.9 Å². The Balaban J connectivity index is 1.95. The third-order valence-corrected chi connectivity index (χ3v) is 3.75. The largest absolute Gasteiger partial charge is 0.478 e. The number of benzene rings is 1. The lowest BCUT2D eigenvalue weighted by molar-refractivity contribution is -0.116. The Kier molecular flexibility index (Phi) is 6.54. The molecule has 26 heavy (non-hydrogen) atoms. The van der Waals surface area contributed by atoms with Gasteiger partial charge in [0.1, 0.15) is 11.3 Å². The van der Waals surface area contributed by atoms with Crippen LogP contribution in [0.2, 0.25) is 0 Å². The van der Waals surface area contributed by atoms with Crippen molar-refractivity contribution >= 4 is 23.5 Å². The minimum absolute atomic E-state index is 0.00447. The summed E-state index contributed by atoms with van der Waals surface area (Å²) >= 11 is 0. The highest BCUT2D eigenvalue weighted by Gasteiger charge is 2.19. The molecule has 0 aliphatic carbocycles. The Morgan fingerprint density at radius 1 is 1.12 bits per heavy atom. The fourth-order valence-electron chi connectivity index (χ4n) is 2.41. The van der Waals surface area contributed by atoms with Gasteiger partial charge >= 0.3 is 5.97 Å². The zero-order valence-corrected chi connectivity index (χ0v) is 14.8. The highest BCUT2D eigenvalue weighted by Crippen LogP contribution is 2.17. The first kappa shape index (κ1) is 19.2. The first-order chi connectivity index (χ1) is 12.4. The molecule has 0 saturated heterocycles. The number of aryl methyl sites for hydroxylation is 1. The van der Waals surface area contributed by atoms with E-state index in [1.807, 2.05) is 6.92 Å². The van der Waals surface area contributed by atoms with Gasteiger partial charge in [-0.1, -0.05) is 26.0 Å². The Hall–Kier alpha value is -3.09. The topological polar surface area (TPSA) is 109 Å². The van der Waals surface area contributed by atoms with E-state index in [4.69, 9.17) is 9.52 Å². The maximum atomic E-state index is 12.2. The van der Waals surface area contributed by atoms with Gasteiger partial charge in [-0.25, -0.2) is 4.79 Å². The van der Waals surface area contributed by atoms with Crippen LogP contribution in [0.4, 0.5) is 5.69 Å². The highest BCUT2D eigenvalue weighted by molar-refractivity contribution is 5.96. The van der Waals surface area contributed by atoms with E-state index in [0.29, 0.717) is 18.5 Å². The minimum Gasteiger partial charge on any atom is -0.478 e. The fourth-order valence-corrected chi connectivity index (χ4v) is 2.41. The molecule has 1 aromatic carbocycles. The van der Waals surface area contributed by atoms with Crippen LogP contribution in [0.1, 0.15) is 58.9 Å². The average molecular weight is 358 g/mol. The molecule has 0 saturated carbocycles. The number of carboxylic acid groups (broad SMARTS) is 1. The van der Waals surface area contributed by atoms with Crippen molar-refractivity contribution in [2.45, 2.75) is 39.7 Å². The lowest BCUT2D eigenvalue weighted by Gasteiger charge is -2.07. The number of hydrogen-bond donors (Lipinski definition) is 3. The number of amides is 2. The summed E-state index contributed by atoms with van der Waals surface area (Å²) in [6, 6.07) is 8.36. The van der Waals surface area contributed by atoms with E-state index in [9.17, 15) is 14.4 Å². The molecular weight excluding hydrogens is 336 g/mol. The van der Waals surface area contributed by atoms with Crippen LogP contribution in [-0.4, -0.2) is 22.9 Å². The Labute approximate surface area is 151 Å². The van der Waals surface area contributed by atoms with E-state index >= 15 is 0 Å². The zero-order valence-electron chi connectivity index (χ0n) is 14.8. The molecular formula is C19H22N2O5. The molecule has 0 aliphatic rings. The Bertz CT molecular complexity index is 793. The van der Waals surface area contributed by atoms with E-state index in [1.165, 1.54) is 6.07 Å². The molecule has 0 bridgehead atoms. The van der Waals surface area contributed by atoms with Gasteiger partial charge in [-0.2, -0.15) is 0 Å². The first-order valence-corrected chi connectivity index (χ1v) is 8.47. The number of carbonyl (C=O) groups excluding carboxylic acids is 2. The second kappa shape index (κ2) is 8.84. The van der Waals surface area contributed by atoms with Gasteiger partial charge in [-0.15, -0.1) is 0 Å². The Morgan fingerprint density at radius 3 is 2.35 bits per heavy atom. The van der Waals surface area contributed by atoms with Crippen LogP contribution in [0, 0.1) is 0 Å². The van der Waals surface area contributed by atoms with Crippen LogP contribution in [0.25, 0.3) is 0 Å². The van der Waals surface area contributed by atoms with Gasteiger partial charge in [-0.05, 0) is 24.1 Å². The molecule has 1 heterocycles. The molecule has 2 aromatic rings. The average Bonchev–Trinajstić information content (AvgIpc) is 3.06. The van der Waals surface area contributed by atoms with Crippen molar-refractivity contribution in [3.8, 4) is 0 Å². The highest BCUT2D eigenvalue weighted by atomic mass is 16.4. The van der Waals surface area contributed by atoms with Crippen LogP contribution in [0.5, 0.6) is 0 Å². The van der Waals surface area contributed by atoms with Crippen molar-refractivity contribution in [3.05, 3.63) is 53.0 Å². The van der Waals surface area contributed by atoms with Gasteiger partial charge in [0.25, 0.3) is 5.91 Å². The summed E-state index contributed by atoms with van der Waals surface area (Å²) in [5.41, 5.74) is 1.54. The Morgan fingerprint density at radius 2 is 1.81 bits per heavy atom. The lowest BCUT2D eigenvalue weighted by atomic mass is 10.2. The summed E-state index contributed by atoms with van der Waals surface area (Å²) in [5.74, 6) is -1.39. The van der Waals surface area contributed by atoms with E-state index in [-0.39, 0.29) is 29.5 Å². The molecule has 0 radical (unpaired) electrons. The van der Waals surface area contributed by atoms with Crippen molar-refractivity contribution in [1.82, 2.24) is 5.32 Å². The smallest absolute Gasteiger partial charge is 0.339 e. The summed E-state index contributed by atoms with van der Waals surface area (Å²) in [6.45, 7) is 3.95. The molecule has 0 unspecified atom stereocenters. The van der Waals surface area contributed by atoms with Crippen molar-refractivity contribution in [1.29, 1.82) is 0 Å². The van der Waals surface area contributed by atoms with E-state index < -0.39 is 11.9 Å². The quantitative estimate of drug-likeness (QED) is 0.671. The number of aromatic carboxylic acids is 1. The third kappa shape index (κ3) is 4.95. The normalized spacial score (nSPS) is 10.4. The SMILES string of the molecule is CCCC(=O)Nc1ccc(CNC(=O)c2cc(C(=O)O)c(CC)o2)cc1. The number of carbonyl (C=O) groups is 3. The molecule has 1 aromatic heterocycles. The van der Waals surface area contributed by atoms with Gasteiger partial charge in [0.05, 0.1) is 0 Å². The monoisotopic (exact) mass is 358 g/mol. The molecule has 2 amide bonds. The van der Waals surface area contributed by atoms with E-state index in [1.54, 1.807) is 31.2 Å². The summed E-state index contributed by atoms with van der Waals surface area (Å²) < 4.78 is 5.32. The number of furan rings is 1. The molecule has 7 nitrogen and oxygen atoms in total. The van der Waals surface area contributed by atoms with Crippen LogP contribution in [-0.2, 0) is 17.8 Å². The van der Waals surface area contributed by atoms with Crippen LogP contribution in [0.15, 0.2) is 34.7 Å². The molecule has 0 fully saturated rings. The molecule has 2 rings (SSSR count). The summed E-state index contributed by atoms with van der Waals surface area (Å²) in [4.78, 5) is 34.8. The van der Waals surface area contributed by atoms with Gasteiger partial charge < -0.3 is 20.2 Å². The second-order valence-electron chi connectivity index (χ2n) is 5.78. The van der Waals surface area contributed by atoms with Gasteiger partial charge in [0.15, 0.2) is 5.76 Å². The van der Waals surface area contributed by atoms with E-state index in [2.05, 4.69) is 10.6 Å². The minimum atomic E-state index is -1.12. The van der Waals surface area contributed by atoms with Crippen molar-refractivity contribution in [2.75, 3.05) is 5.32 Å². The first-order valence-electron chi connectivity index (χ1n) is 8.47. The standard InChI is InChI=1S/C19H22N2O5/c1-3-5-17(22)21-13-8-6-12(7-9-13)11-20-18(23)16-10-14(19(24)25)15(4-2)26-16/h6-10H,3-5,11H2,1-2H3,(H,20,23)(H,21,22)(H,24,25). The third-order valence-electron chi connectivity index (χ3n) is 3.75. The molecule has 0 aliphatic heterocycles. The number of hydrogen-bond acceptors (Lipinski definition) is 4. The van der Waals surface area contributed by atoms with Crippen molar-refractivity contribution in [2.24, 2.45) is 0 Å². The van der Waals surface area contributed by atoms with Crippen LogP contribution >= 0.6 is 0 Å². The van der Waals surface area contributed by atoms with E-state index in [0.717, 1.165) is 12.0 Å². The summed E-state index contributed by atoms with van der Waals surface area (Å²) in [5, 5.41) is 14.6. The maximum Gasteiger partial charge on any atom is 0.339 e. The van der Waals surface area contributed by atoms with Gasteiger partial charge in [0, 0.05) is 31.1 Å². The lowest BCUT2D eigenvalue weighted by Crippen LogP contribution is -2.22. The number of carboxylic acids is 1. The molecule has 3 N–H and O–H groups in total. The van der Waals surface area contributed by atoms with Crippen LogP contribution in [0.3, 0.4) is 0 Å². The zero-order chi connectivity index (χ0) is 19.1.